The summed E-state index contributed by atoms with van der Waals surface area (Å²) in [6.07, 6.45) is 0. The molecule has 1 N–H and O–H groups in total. The van der Waals surface area contributed by atoms with Crippen molar-refractivity contribution in [2.75, 3.05) is 23.3 Å². The van der Waals surface area contributed by atoms with Crippen molar-refractivity contribution in [2.24, 2.45) is 0 Å². The SMILES string of the molecule is Cc1nc(CN2CCNc3ccccc32)cs1.Cl. The Labute approximate surface area is 117 Å². The Hall–Kier alpha value is -1.26. The molecule has 5 heteroatoms. The third-order valence-electron chi connectivity index (χ3n) is 2.96. The van der Waals surface area contributed by atoms with Crippen molar-refractivity contribution >= 4 is 35.1 Å². The van der Waals surface area contributed by atoms with Gasteiger partial charge in [-0.25, -0.2) is 4.98 Å². The minimum atomic E-state index is 0. The van der Waals surface area contributed by atoms with E-state index in [1.807, 2.05) is 0 Å². The molecule has 3 nitrogen and oxygen atoms in total. The van der Waals surface area contributed by atoms with Crippen LogP contribution in [0.5, 0.6) is 0 Å². The number of hydrogen-bond acceptors (Lipinski definition) is 4. The Kier molecular flexibility index (Phi) is 4.09. The van der Waals surface area contributed by atoms with E-state index in [9.17, 15) is 0 Å². The molecule has 1 aromatic carbocycles. The smallest absolute Gasteiger partial charge is 0.0898 e. The number of hydrogen-bond donors (Lipinski definition) is 1. The van der Waals surface area contributed by atoms with Crippen LogP contribution < -0.4 is 10.2 Å². The monoisotopic (exact) mass is 281 g/mol. The zero-order valence-corrected chi connectivity index (χ0v) is 11.9. The van der Waals surface area contributed by atoms with Crippen LogP contribution in [-0.4, -0.2) is 18.1 Å². The lowest BCUT2D eigenvalue weighted by molar-refractivity contribution is 0.774. The van der Waals surface area contributed by atoms with Crippen molar-refractivity contribution in [2.45, 2.75) is 13.5 Å². The molecule has 1 aromatic heterocycles. The molecular formula is C13H16ClN3S. The van der Waals surface area contributed by atoms with Crippen LogP contribution in [0.15, 0.2) is 29.6 Å². The van der Waals surface area contributed by atoms with Crippen LogP contribution in [-0.2, 0) is 6.54 Å². The normalized spacial score (nSPS) is 13.5. The number of thiazole rings is 1. The fraction of sp³-hybridized carbons (Fsp3) is 0.308. The highest BCUT2D eigenvalue weighted by molar-refractivity contribution is 7.09. The third-order valence-corrected chi connectivity index (χ3v) is 3.78. The van der Waals surface area contributed by atoms with Gasteiger partial charge in [-0.2, -0.15) is 0 Å². The zero-order valence-electron chi connectivity index (χ0n) is 10.2. The van der Waals surface area contributed by atoms with Gasteiger partial charge in [-0.15, -0.1) is 23.7 Å². The van der Waals surface area contributed by atoms with Gasteiger partial charge >= 0.3 is 0 Å². The number of anilines is 2. The standard InChI is InChI=1S/C13H15N3S.ClH/c1-10-15-11(9-17-10)8-16-7-6-14-12-4-2-3-5-13(12)16;/h2-5,9,14H,6-8H2,1H3;1H. The van der Waals surface area contributed by atoms with Gasteiger partial charge in [-0.1, -0.05) is 12.1 Å². The van der Waals surface area contributed by atoms with Gasteiger partial charge in [0.25, 0.3) is 0 Å². The minimum absolute atomic E-state index is 0. The van der Waals surface area contributed by atoms with Crippen LogP contribution in [0.2, 0.25) is 0 Å². The quantitative estimate of drug-likeness (QED) is 0.915. The first-order valence-electron chi connectivity index (χ1n) is 5.82. The largest absolute Gasteiger partial charge is 0.382 e. The van der Waals surface area contributed by atoms with Crippen molar-refractivity contribution in [1.29, 1.82) is 0 Å². The van der Waals surface area contributed by atoms with Crippen molar-refractivity contribution in [1.82, 2.24) is 4.98 Å². The van der Waals surface area contributed by atoms with Crippen LogP contribution >= 0.6 is 23.7 Å². The molecule has 0 radical (unpaired) electrons. The van der Waals surface area contributed by atoms with Crippen LogP contribution in [0.4, 0.5) is 11.4 Å². The first kappa shape index (κ1) is 13.2. The van der Waals surface area contributed by atoms with E-state index in [-0.39, 0.29) is 12.4 Å². The molecule has 3 rings (SSSR count). The van der Waals surface area contributed by atoms with E-state index < -0.39 is 0 Å². The lowest BCUT2D eigenvalue weighted by atomic mass is 10.2. The average molecular weight is 282 g/mol. The summed E-state index contributed by atoms with van der Waals surface area (Å²) >= 11 is 1.72. The van der Waals surface area contributed by atoms with E-state index in [1.165, 1.54) is 17.1 Å². The summed E-state index contributed by atoms with van der Waals surface area (Å²) in [5.41, 5.74) is 3.68. The van der Waals surface area contributed by atoms with Gasteiger partial charge in [0.2, 0.25) is 0 Å². The van der Waals surface area contributed by atoms with Gasteiger partial charge in [0.1, 0.15) is 0 Å². The Balaban J connectivity index is 0.00000120. The molecule has 0 spiro atoms. The summed E-state index contributed by atoms with van der Waals surface area (Å²) in [5, 5.41) is 6.72. The van der Waals surface area contributed by atoms with Crippen LogP contribution in [0.1, 0.15) is 10.7 Å². The van der Waals surface area contributed by atoms with Crippen molar-refractivity contribution in [3.05, 3.63) is 40.3 Å². The molecule has 96 valence electrons. The number of rotatable bonds is 2. The molecule has 0 aliphatic carbocycles. The average Bonchev–Trinajstić information content (AvgIpc) is 2.75. The summed E-state index contributed by atoms with van der Waals surface area (Å²) < 4.78 is 0. The van der Waals surface area contributed by atoms with E-state index >= 15 is 0 Å². The van der Waals surface area contributed by atoms with Gasteiger partial charge in [0.15, 0.2) is 0 Å². The molecule has 0 saturated heterocycles. The molecule has 1 aliphatic heterocycles. The maximum absolute atomic E-state index is 4.53. The lowest BCUT2D eigenvalue weighted by Crippen LogP contribution is -2.33. The lowest BCUT2D eigenvalue weighted by Gasteiger charge is -2.31. The van der Waals surface area contributed by atoms with Gasteiger partial charge in [0, 0.05) is 18.5 Å². The van der Waals surface area contributed by atoms with E-state index in [0.717, 1.165) is 24.6 Å². The predicted molar refractivity (Wildman–Crippen MR) is 80.1 cm³/mol. The van der Waals surface area contributed by atoms with Gasteiger partial charge in [-0.05, 0) is 19.1 Å². The number of aryl methyl sites for hydroxylation is 1. The summed E-state index contributed by atoms with van der Waals surface area (Å²) in [6.45, 7) is 5.00. The van der Waals surface area contributed by atoms with Gasteiger partial charge < -0.3 is 10.2 Å². The molecule has 0 atom stereocenters. The first-order valence-corrected chi connectivity index (χ1v) is 6.70. The Morgan fingerprint density at radius 3 is 3.00 bits per heavy atom. The van der Waals surface area contributed by atoms with E-state index in [4.69, 9.17) is 0 Å². The highest BCUT2D eigenvalue weighted by Crippen LogP contribution is 2.29. The number of nitrogens with one attached hydrogen (secondary N) is 1. The molecule has 0 fully saturated rings. The number of nitrogens with zero attached hydrogens (tertiary/aromatic N) is 2. The topological polar surface area (TPSA) is 28.2 Å². The van der Waals surface area contributed by atoms with Gasteiger partial charge in [-0.3, -0.25) is 0 Å². The molecule has 2 heterocycles. The van der Waals surface area contributed by atoms with E-state index in [1.54, 1.807) is 11.3 Å². The number of halogens is 1. The minimum Gasteiger partial charge on any atom is -0.382 e. The predicted octanol–water partition coefficient (Wildman–Crippen LogP) is 3.31. The second kappa shape index (κ2) is 5.59. The van der Waals surface area contributed by atoms with Crippen LogP contribution in [0.3, 0.4) is 0 Å². The molecular weight excluding hydrogens is 266 g/mol. The van der Waals surface area contributed by atoms with Crippen LogP contribution in [0.25, 0.3) is 0 Å². The fourth-order valence-electron chi connectivity index (χ4n) is 2.19. The molecule has 2 aromatic rings. The Morgan fingerprint density at radius 2 is 2.22 bits per heavy atom. The first-order chi connectivity index (χ1) is 8.33. The number of para-hydroxylation sites is 2. The summed E-state index contributed by atoms with van der Waals surface area (Å²) in [5.74, 6) is 0. The number of benzene rings is 1. The second-order valence-corrected chi connectivity index (χ2v) is 5.29. The van der Waals surface area contributed by atoms with Crippen LogP contribution in [0, 0.1) is 6.92 Å². The Bertz CT molecular complexity index is 526. The van der Waals surface area contributed by atoms with Gasteiger partial charge in [0.05, 0.1) is 28.6 Å². The molecule has 1 aliphatic rings. The summed E-state index contributed by atoms with van der Waals surface area (Å²) in [4.78, 5) is 6.92. The second-order valence-electron chi connectivity index (χ2n) is 4.22. The summed E-state index contributed by atoms with van der Waals surface area (Å²) in [6, 6.07) is 8.46. The third kappa shape index (κ3) is 2.60. The number of aromatic nitrogens is 1. The maximum Gasteiger partial charge on any atom is 0.0898 e. The fourth-order valence-corrected chi connectivity index (χ4v) is 2.79. The summed E-state index contributed by atoms with van der Waals surface area (Å²) in [7, 11) is 0. The van der Waals surface area contributed by atoms with E-state index in [2.05, 4.69) is 51.8 Å². The zero-order chi connectivity index (χ0) is 11.7. The van der Waals surface area contributed by atoms with Crippen molar-refractivity contribution in [3.63, 3.8) is 0 Å². The van der Waals surface area contributed by atoms with E-state index in [0.29, 0.717) is 0 Å². The maximum atomic E-state index is 4.53. The Morgan fingerprint density at radius 1 is 1.39 bits per heavy atom. The van der Waals surface area contributed by atoms with Crippen molar-refractivity contribution in [3.8, 4) is 0 Å². The highest BCUT2D eigenvalue weighted by atomic mass is 35.5. The highest BCUT2D eigenvalue weighted by Gasteiger charge is 2.16. The molecule has 0 saturated carbocycles. The number of fused-ring (bicyclic) bond motifs is 1. The van der Waals surface area contributed by atoms with Crippen molar-refractivity contribution < 1.29 is 0 Å². The molecule has 0 unspecified atom stereocenters. The molecule has 0 amide bonds. The molecule has 18 heavy (non-hydrogen) atoms. The molecule has 0 bridgehead atoms.